The molecule has 1 unspecified atom stereocenters. The topological polar surface area (TPSA) is 67.4 Å². The monoisotopic (exact) mass is 632 g/mol. The molecule has 0 aliphatic rings. The number of rotatable bonds is 26. The lowest BCUT2D eigenvalue weighted by molar-refractivity contribution is -0.0973. The van der Waals surface area contributed by atoms with Crippen molar-refractivity contribution in [2.45, 2.75) is 164 Å². The summed E-state index contributed by atoms with van der Waals surface area (Å²) in [6, 6.07) is 0. The molecule has 44 heavy (non-hydrogen) atoms. The molecule has 0 amide bonds. The van der Waals surface area contributed by atoms with Gasteiger partial charge in [0, 0.05) is 38.5 Å². The summed E-state index contributed by atoms with van der Waals surface area (Å²) in [5, 5.41) is 3.49. The van der Waals surface area contributed by atoms with Crippen LogP contribution in [0.25, 0.3) is 0 Å². The summed E-state index contributed by atoms with van der Waals surface area (Å²) in [6.07, 6.45) is 7.17. The summed E-state index contributed by atoms with van der Waals surface area (Å²) < 4.78 is 36.1. The van der Waals surface area contributed by atoms with Crippen LogP contribution in [0.15, 0.2) is 0 Å². The fourth-order valence-corrected chi connectivity index (χ4v) is 4.98. The molecule has 0 radical (unpaired) electrons. The lowest BCUT2D eigenvalue weighted by Crippen LogP contribution is -2.38. The lowest BCUT2D eigenvalue weighted by atomic mass is 9.74. The van der Waals surface area contributed by atoms with Gasteiger partial charge in [-0.1, -0.05) is 27.7 Å². The first-order valence-electron chi connectivity index (χ1n) is 17.4. The Labute approximate surface area is 274 Å². The molecule has 7 heteroatoms. The van der Waals surface area contributed by atoms with Gasteiger partial charge in [0.05, 0.1) is 49.8 Å². The van der Waals surface area contributed by atoms with Crippen molar-refractivity contribution < 1.29 is 28.4 Å². The van der Waals surface area contributed by atoms with Crippen molar-refractivity contribution in [3.8, 4) is 0 Å². The summed E-state index contributed by atoms with van der Waals surface area (Å²) in [5.74, 6) is 0. The summed E-state index contributed by atoms with van der Waals surface area (Å²) in [4.78, 5) is 0. The molecular formula is C37H77NO6. The van der Waals surface area contributed by atoms with E-state index in [0.717, 1.165) is 84.5 Å². The van der Waals surface area contributed by atoms with Crippen LogP contribution in [-0.4, -0.2) is 88.3 Å². The van der Waals surface area contributed by atoms with E-state index in [-0.39, 0.29) is 33.2 Å². The average Bonchev–Trinajstić information content (AvgIpc) is 2.84. The third-order valence-electron chi connectivity index (χ3n) is 7.59. The number of nitrogens with one attached hydrogen (secondary N) is 1. The second-order valence-electron chi connectivity index (χ2n) is 17.4. The third kappa shape index (κ3) is 29.1. The molecule has 0 aliphatic heterocycles. The van der Waals surface area contributed by atoms with Gasteiger partial charge in [0.2, 0.25) is 0 Å². The van der Waals surface area contributed by atoms with Crippen LogP contribution >= 0.6 is 0 Å². The first-order valence-corrected chi connectivity index (χ1v) is 17.4. The van der Waals surface area contributed by atoms with Crippen molar-refractivity contribution in [3.63, 3.8) is 0 Å². The zero-order valence-electron chi connectivity index (χ0n) is 32.0. The number of hydrogen-bond donors (Lipinski definition) is 1. The van der Waals surface area contributed by atoms with Crippen LogP contribution in [-0.2, 0) is 28.4 Å². The molecule has 266 valence electrons. The molecule has 0 saturated carbocycles. The molecule has 0 aromatic carbocycles. The van der Waals surface area contributed by atoms with Crippen LogP contribution in [0.5, 0.6) is 0 Å². The van der Waals surface area contributed by atoms with Crippen molar-refractivity contribution in [3.05, 3.63) is 0 Å². The van der Waals surface area contributed by atoms with Gasteiger partial charge in [-0.05, 0) is 125 Å². The van der Waals surface area contributed by atoms with Crippen molar-refractivity contribution in [2.75, 3.05) is 66.0 Å². The van der Waals surface area contributed by atoms with Crippen LogP contribution < -0.4 is 5.32 Å². The van der Waals surface area contributed by atoms with Crippen molar-refractivity contribution in [1.29, 1.82) is 0 Å². The van der Waals surface area contributed by atoms with Gasteiger partial charge < -0.3 is 33.7 Å². The van der Waals surface area contributed by atoms with E-state index in [9.17, 15) is 0 Å². The van der Waals surface area contributed by atoms with Crippen molar-refractivity contribution in [2.24, 2.45) is 10.8 Å². The fourth-order valence-electron chi connectivity index (χ4n) is 4.98. The quantitative estimate of drug-likeness (QED) is 0.0959. The maximum absolute atomic E-state index is 6.64. The van der Waals surface area contributed by atoms with Gasteiger partial charge in [-0.15, -0.1) is 0 Å². The maximum atomic E-state index is 6.64. The van der Waals surface area contributed by atoms with Gasteiger partial charge in [0.25, 0.3) is 0 Å². The maximum Gasteiger partial charge on any atom is 0.0707 e. The van der Waals surface area contributed by atoms with E-state index in [1.54, 1.807) is 0 Å². The van der Waals surface area contributed by atoms with Gasteiger partial charge in [-0.2, -0.15) is 0 Å². The Hall–Kier alpha value is -0.280. The Kier molecular flexibility index (Phi) is 20.7. The van der Waals surface area contributed by atoms with Crippen LogP contribution in [0.4, 0.5) is 0 Å². The second-order valence-corrected chi connectivity index (χ2v) is 17.4. The number of hydrogen-bond acceptors (Lipinski definition) is 7. The Morgan fingerprint density at radius 1 is 0.409 bits per heavy atom. The highest BCUT2D eigenvalue weighted by Crippen LogP contribution is 2.39. The normalized spacial score (nSPS) is 15.1. The molecule has 0 aromatic rings. The highest BCUT2D eigenvalue weighted by atomic mass is 16.6. The molecule has 0 fully saturated rings. The second kappa shape index (κ2) is 20.8. The molecule has 0 rings (SSSR count). The molecule has 0 spiro atoms. The predicted octanol–water partition coefficient (Wildman–Crippen LogP) is 8.61. The molecular weight excluding hydrogens is 554 g/mol. The lowest BCUT2D eigenvalue weighted by Gasteiger charge is -2.40. The van der Waals surface area contributed by atoms with Gasteiger partial charge in [-0.3, -0.25) is 0 Å². The first kappa shape index (κ1) is 43.7. The number of unbranched alkanes of at least 4 members (excludes halogenated alkanes) is 1. The summed E-state index contributed by atoms with van der Waals surface area (Å²) >= 11 is 0. The zero-order valence-corrected chi connectivity index (χ0v) is 32.0. The molecule has 7 nitrogen and oxygen atoms in total. The molecule has 1 atom stereocenters. The van der Waals surface area contributed by atoms with E-state index in [4.69, 9.17) is 28.4 Å². The van der Waals surface area contributed by atoms with E-state index >= 15 is 0 Å². The predicted molar refractivity (Wildman–Crippen MR) is 186 cm³/mol. The highest BCUT2D eigenvalue weighted by Gasteiger charge is 2.35. The van der Waals surface area contributed by atoms with Gasteiger partial charge in [-0.25, -0.2) is 0 Å². The van der Waals surface area contributed by atoms with Crippen molar-refractivity contribution in [1.82, 2.24) is 5.32 Å². The molecule has 1 N–H and O–H groups in total. The third-order valence-corrected chi connectivity index (χ3v) is 7.59. The van der Waals surface area contributed by atoms with Gasteiger partial charge >= 0.3 is 0 Å². The Balaban J connectivity index is 4.81. The minimum absolute atomic E-state index is 0.0657. The molecule has 0 aliphatic carbocycles. The smallest absolute Gasteiger partial charge is 0.0707 e. The largest absolute Gasteiger partial charge is 0.381 e. The van der Waals surface area contributed by atoms with E-state index < -0.39 is 0 Å². The fraction of sp³-hybridized carbons (Fsp3) is 1.00. The summed E-state index contributed by atoms with van der Waals surface area (Å²) in [6.45, 7) is 37.8. The number of ether oxygens (including phenoxy) is 6. The zero-order chi connectivity index (χ0) is 34.0. The minimum Gasteiger partial charge on any atom is -0.381 e. The Bertz CT molecular complexity index is 704. The van der Waals surface area contributed by atoms with E-state index in [1.165, 1.54) is 0 Å². The summed E-state index contributed by atoms with van der Waals surface area (Å²) in [5.41, 5.74) is -0.0643. The van der Waals surface area contributed by atoms with Crippen LogP contribution in [0.3, 0.4) is 0 Å². The van der Waals surface area contributed by atoms with Gasteiger partial charge in [0.15, 0.2) is 0 Å². The van der Waals surface area contributed by atoms with Crippen molar-refractivity contribution >= 4 is 0 Å². The van der Waals surface area contributed by atoms with Crippen LogP contribution in [0.2, 0.25) is 0 Å². The van der Waals surface area contributed by atoms with E-state index in [0.29, 0.717) is 26.4 Å². The standard InChI is InChI=1S/C37H77NO6/c1-32(2,3)38-21-26-40-25-20-36(12,13)31-37(14,44-30-28-41-27-29-43-34(7,8)9)18-17-35(10,11)19-24-39-22-15-16-23-42-33(4,5)6/h38H,15-31H2,1-14H3. The Morgan fingerprint density at radius 3 is 1.45 bits per heavy atom. The van der Waals surface area contributed by atoms with Crippen LogP contribution in [0.1, 0.15) is 142 Å². The minimum atomic E-state index is -0.242. The Morgan fingerprint density at radius 2 is 0.886 bits per heavy atom. The molecule has 0 heterocycles. The molecule has 0 bridgehead atoms. The average molecular weight is 632 g/mol. The van der Waals surface area contributed by atoms with Gasteiger partial charge in [0.1, 0.15) is 0 Å². The van der Waals surface area contributed by atoms with E-state index in [2.05, 4.69) is 102 Å². The SMILES string of the molecule is CC(C)(CCOCCCCOC(C)(C)C)CCC(C)(CC(C)(C)CCOCCNC(C)(C)C)OCCOCCOC(C)(C)C. The van der Waals surface area contributed by atoms with Crippen LogP contribution in [0, 0.1) is 10.8 Å². The molecule has 0 aromatic heterocycles. The molecule has 0 saturated heterocycles. The first-order chi connectivity index (χ1) is 20.0. The van der Waals surface area contributed by atoms with E-state index in [1.807, 2.05) is 0 Å². The summed E-state index contributed by atoms with van der Waals surface area (Å²) in [7, 11) is 0. The highest BCUT2D eigenvalue weighted by molar-refractivity contribution is 4.86.